The SMILES string of the molecule is c1ccc(-c2cc(-c3ccccc3)nc(-c3cc(-c4nc(-c5ccccc5)nc(-c5ccccc5)n4)ccc3-c3cccc4sc5ccccc5c34)n2)cc1. The Labute approximate surface area is 322 Å². The molecule has 0 aliphatic rings. The van der Waals surface area contributed by atoms with Crippen LogP contribution in [-0.2, 0) is 0 Å². The van der Waals surface area contributed by atoms with Crippen LogP contribution in [0.3, 0.4) is 0 Å². The van der Waals surface area contributed by atoms with E-state index in [1.54, 1.807) is 0 Å². The maximum absolute atomic E-state index is 5.32. The summed E-state index contributed by atoms with van der Waals surface area (Å²) in [7, 11) is 0. The molecule has 0 saturated carbocycles. The first kappa shape index (κ1) is 32.5. The van der Waals surface area contributed by atoms with E-state index in [4.69, 9.17) is 24.9 Å². The maximum atomic E-state index is 5.32. The number of fused-ring (bicyclic) bond motifs is 3. The number of nitrogens with zero attached hydrogens (tertiary/aromatic N) is 5. The summed E-state index contributed by atoms with van der Waals surface area (Å²) in [6, 6.07) is 64.5. The maximum Gasteiger partial charge on any atom is 0.164 e. The molecule has 0 spiro atoms. The topological polar surface area (TPSA) is 64.5 Å². The standard InChI is InChI=1S/C49H31N5S/c1-5-16-32(17-6-1)41-31-42(33-18-7-2-8-19-33)51-49(50-41)40-30-36(28-29-37(40)38-25-15-27-44-45(38)39-24-13-14-26-43(39)55-44)48-53-46(34-20-9-3-10-21-34)52-47(54-48)35-22-11-4-12-23-35/h1-31H. The number of thiophene rings is 1. The van der Waals surface area contributed by atoms with Gasteiger partial charge in [-0.3, -0.25) is 0 Å². The molecule has 0 aliphatic carbocycles. The van der Waals surface area contributed by atoms with E-state index in [1.165, 1.54) is 20.2 Å². The third kappa shape index (κ3) is 6.24. The van der Waals surface area contributed by atoms with Gasteiger partial charge in [0, 0.05) is 53.6 Å². The van der Waals surface area contributed by atoms with Gasteiger partial charge in [-0.2, -0.15) is 0 Å². The average molecular weight is 722 g/mol. The molecular formula is C49H31N5S. The second kappa shape index (κ2) is 14.0. The fourth-order valence-corrected chi connectivity index (χ4v) is 8.25. The Bertz CT molecular complexity index is 2850. The third-order valence-electron chi connectivity index (χ3n) is 9.78. The fourth-order valence-electron chi connectivity index (χ4n) is 7.12. The predicted octanol–water partition coefficient (Wildman–Crippen LogP) is 12.7. The van der Waals surface area contributed by atoms with Gasteiger partial charge >= 0.3 is 0 Å². The van der Waals surface area contributed by atoms with Crippen LogP contribution in [0, 0.1) is 0 Å². The molecule has 6 heteroatoms. The lowest BCUT2D eigenvalue weighted by Crippen LogP contribution is -2.01. The Balaban J connectivity index is 1.26. The van der Waals surface area contributed by atoms with Crippen LogP contribution in [0.1, 0.15) is 0 Å². The summed E-state index contributed by atoms with van der Waals surface area (Å²) in [5.41, 5.74) is 9.45. The van der Waals surface area contributed by atoms with Gasteiger partial charge in [-0.05, 0) is 35.4 Å². The van der Waals surface area contributed by atoms with E-state index in [-0.39, 0.29) is 0 Å². The van der Waals surface area contributed by atoms with Gasteiger partial charge < -0.3 is 0 Å². The molecule has 0 fully saturated rings. The van der Waals surface area contributed by atoms with Crippen molar-refractivity contribution < 1.29 is 0 Å². The largest absolute Gasteiger partial charge is 0.228 e. The molecule has 0 unspecified atom stereocenters. The molecule has 10 rings (SSSR count). The van der Waals surface area contributed by atoms with Gasteiger partial charge in [0.2, 0.25) is 0 Å². The summed E-state index contributed by atoms with van der Waals surface area (Å²) in [5.74, 6) is 2.41. The van der Waals surface area contributed by atoms with Crippen LogP contribution >= 0.6 is 11.3 Å². The summed E-state index contributed by atoms with van der Waals surface area (Å²) in [4.78, 5) is 25.8. The van der Waals surface area contributed by atoms with Crippen molar-refractivity contribution in [2.24, 2.45) is 0 Å². The van der Waals surface area contributed by atoms with Crippen LogP contribution in [0.25, 0.3) is 99.4 Å². The first-order valence-corrected chi connectivity index (χ1v) is 19.0. The Morgan fingerprint density at radius 1 is 0.291 bits per heavy atom. The Hall–Kier alpha value is -7.15. The molecule has 0 N–H and O–H groups in total. The Kier molecular flexibility index (Phi) is 8.28. The van der Waals surface area contributed by atoms with Gasteiger partial charge in [-0.25, -0.2) is 24.9 Å². The zero-order valence-electron chi connectivity index (χ0n) is 29.5. The van der Waals surface area contributed by atoms with Gasteiger partial charge in [0.25, 0.3) is 0 Å². The molecule has 10 aromatic rings. The van der Waals surface area contributed by atoms with Crippen LogP contribution in [0.2, 0.25) is 0 Å². The van der Waals surface area contributed by atoms with E-state index in [0.717, 1.165) is 55.9 Å². The average Bonchev–Trinajstić information content (AvgIpc) is 3.66. The highest BCUT2D eigenvalue weighted by molar-refractivity contribution is 7.25. The van der Waals surface area contributed by atoms with Gasteiger partial charge in [0.1, 0.15) is 0 Å². The zero-order chi connectivity index (χ0) is 36.6. The molecule has 7 aromatic carbocycles. The summed E-state index contributed by atoms with van der Waals surface area (Å²) in [6.45, 7) is 0. The van der Waals surface area contributed by atoms with Gasteiger partial charge in [0.05, 0.1) is 11.4 Å². The Morgan fingerprint density at radius 3 is 1.36 bits per heavy atom. The van der Waals surface area contributed by atoms with Crippen LogP contribution in [-0.4, -0.2) is 24.9 Å². The summed E-state index contributed by atoms with van der Waals surface area (Å²) >= 11 is 1.81. The molecule has 5 nitrogen and oxygen atoms in total. The number of hydrogen-bond acceptors (Lipinski definition) is 6. The summed E-state index contributed by atoms with van der Waals surface area (Å²) < 4.78 is 2.49. The first-order chi connectivity index (χ1) is 27.2. The highest BCUT2D eigenvalue weighted by atomic mass is 32.1. The van der Waals surface area contributed by atoms with E-state index in [1.807, 2.05) is 108 Å². The lowest BCUT2D eigenvalue weighted by Gasteiger charge is -2.15. The molecule has 3 heterocycles. The van der Waals surface area contributed by atoms with Crippen molar-refractivity contribution >= 4 is 31.5 Å². The van der Waals surface area contributed by atoms with Gasteiger partial charge in [-0.15, -0.1) is 11.3 Å². The fraction of sp³-hybridized carbons (Fsp3) is 0. The Morgan fingerprint density at radius 2 is 0.782 bits per heavy atom. The minimum atomic E-state index is 0.571. The molecule has 0 amide bonds. The lowest BCUT2D eigenvalue weighted by molar-refractivity contribution is 1.07. The van der Waals surface area contributed by atoms with Crippen LogP contribution < -0.4 is 0 Å². The third-order valence-corrected chi connectivity index (χ3v) is 10.9. The van der Waals surface area contributed by atoms with Crippen molar-refractivity contribution in [1.82, 2.24) is 24.9 Å². The van der Waals surface area contributed by atoms with E-state index >= 15 is 0 Å². The van der Waals surface area contributed by atoms with Crippen molar-refractivity contribution in [3.63, 3.8) is 0 Å². The predicted molar refractivity (Wildman–Crippen MR) is 226 cm³/mol. The van der Waals surface area contributed by atoms with Crippen molar-refractivity contribution in [3.8, 4) is 79.2 Å². The highest BCUT2D eigenvalue weighted by Gasteiger charge is 2.20. The van der Waals surface area contributed by atoms with E-state index < -0.39 is 0 Å². The molecule has 0 aliphatic heterocycles. The number of hydrogen-bond donors (Lipinski definition) is 0. The van der Waals surface area contributed by atoms with Crippen molar-refractivity contribution in [3.05, 3.63) is 188 Å². The molecule has 3 aromatic heterocycles. The molecular weight excluding hydrogens is 691 g/mol. The molecule has 0 bridgehead atoms. The number of aromatic nitrogens is 5. The smallest absolute Gasteiger partial charge is 0.164 e. The second-order valence-corrected chi connectivity index (χ2v) is 14.4. The lowest BCUT2D eigenvalue weighted by atomic mass is 9.93. The molecule has 55 heavy (non-hydrogen) atoms. The molecule has 0 radical (unpaired) electrons. The van der Waals surface area contributed by atoms with Crippen LogP contribution in [0.4, 0.5) is 0 Å². The first-order valence-electron chi connectivity index (χ1n) is 18.2. The minimum absolute atomic E-state index is 0.571. The molecule has 0 saturated heterocycles. The van der Waals surface area contributed by atoms with Crippen molar-refractivity contribution in [2.75, 3.05) is 0 Å². The normalized spacial score (nSPS) is 11.3. The summed E-state index contributed by atoms with van der Waals surface area (Å²) in [5, 5.41) is 2.45. The van der Waals surface area contributed by atoms with E-state index in [0.29, 0.717) is 23.3 Å². The second-order valence-electron chi connectivity index (χ2n) is 13.3. The monoisotopic (exact) mass is 721 g/mol. The quantitative estimate of drug-likeness (QED) is 0.164. The van der Waals surface area contributed by atoms with Crippen LogP contribution in [0.15, 0.2) is 188 Å². The molecule has 0 atom stereocenters. The van der Waals surface area contributed by atoms with Crippen molar-refractivity contribution in [1.29, 1.82) is 0 Å². The van der Waals surface area contributed by atoms with E-state index in [2.05, 4.69) is 91.0 Å². The molecule has 258 valence electrons. The highest BCUT2D eigenvalue weighted by Crippen LogP contribution is 2.44. The number of rotatable bonds is 7. The van der Waals surface area contributed by atoms with E-state index in [9.17, 15) is 0 Å². The minimum Gasteiger partial charge on any atom is -0.228 e. The zero-order valence-corrected chi connectivity index (χ0v) is 30.4. The summed E-state index contributed by atoms with van der Waals surface area (Å²) in [6.07, 6.45) is 0. The van der Waals surface area contributed by atoms with Gasteiger partial charge in [0.15, 0.2) is 23.3 Å². The number of benzene rings is 7. The van der Waals surface area contributed by atoms with Crippen LogP contribution in [0.5, 0.6) is 0 Å². The van der Waals surface area contributed by atoms with Gasteiger partial charge in [-0.1, -0.05) is 164 Å². The van der Waals surface area contributed by atoms with Crippen molar-refractivity contribution in [2.45, 2.75) is 0 Å².